The fraction of sp³-hybridized carbons (Fsp3) is 1.00. The molecular formula is C18H36N2. The van der Waals surface area contributed by atoms with E-state index < -0.39 is 0 Å². The minimum Gasteiger partial charge on any atom is -0.317 e. The molecule has 0 radical (unpaired) electrons. The van der Waals surface area contributed by atoms with Gasteiger partial charge in [0.25, 0.3) is 0 Å². The third-order valence-electron chi connectivity index (χ3n) is 5.50. The van der Waals surface area contributed by atoms with Gasteiger partial charge in [-0.15, -0.1) is 0 Å². The van der Waals surface area contributed by atoms with Gasteiger partial charge in [-0.1, -0.05) is 26.2 Å². The molecule has 2 heteroatoms. The molecule has 2 fully saturated rings. The summed E-state index contributed by atoms with van der Waals surface area (Å²) in [7, 11) is 2.34. The molecule has 0 spiro atoms. The molecule has 1 N–H and O–H groups in total. The van der Waals surface area contributed by atoms with Crippen LogP contribution < -0.4 is 5.32 Å². The van der Waals surface area contributed by atoms with Gasteiger partial charge in [0.1, 0.15) is 0 Å². The van der Waals surface area contributed by atoms with Gasteiger partial charge in [-0.25, -0.2) is 0 Å². The second kappa shape index (κ2) is 9.04. The Balaban J connectivity index is 1.42. The summed E-state index contributed by atoms with van der Waals surface area (Å²) in [6.07, 6.45) is 13.0. The van der Waals surface area contributed by atoms with E-state index >= 15 is 0 Å². The Hall–Kier alpha value is -0.0800. The van der Waals surface area contributed by atoms with Crippen LogP contribution in [0.25, 0.3) is 0 Å². The van der Waals surface area contributed by atoms with Gasteiger partial charge < -0.3 is 10.2 Å². The van der Waals surface area contributed by atoms with Crippen LogP contribution in [0, 0.1) is 17.8 Å². The van der Waals surface area contributed by atoms with E-state index in [0.29, 0.717) is 0 Å². The Labute approximate surface area is 126 Å². The number of unbranched alkanes of at least 4 members (excludes halogenated alkanes) is 3. The zero-order chi connectivity index (χ0) is 14.2. The van der Waals surface area contributed by atoms with Crippen molar-refractivity contribution >= 4 is 0 Å². The van der Waals surface area contributed by atoms with E-state index in [1.165, 1.54) is 77.5 Å². The highest BCUT2D eigenvalue weighted by molar-refractivity contribution is 4.90. The summed E-state index contributed by atoms with van der Waals surface area (Å²) in [5.74, 6) is 3.23. The Morgan fingerprint density at radius 1 is 1.00 bits per heavy atom. The van der Waals surface area contributed by atoms with Crippen molar-refractivity contribution in [1.29, 1.82) is 0 Å². The monoisotopic (exact) mass is 280 g/mol. The smallest absolute Gasteiger partial charge is 0.000936 e. The van der Waals surface area contributed by atoms with Crippen molar-refractivity contribution in [1.82, 2.24) is 10.2 Å². The van der Waals surface area contributed by atoms with Crippen molar-refractivity contribution in [3.8, 4) is 0 Å². The standard InChI is InChI=1S/C18H36N2/c1-3-10-19-11-6-4-5-7-12-20(2)15-18-14-16-8-9-17(18)13-16/h16-19H,3-15H2,1-2H3. The van der Waals surface area contributed by atoms with Gasteiger partial charge >= 0.3 is 0 Å². The topological polar surface area (TPSA) is 15.3 Å². The van der Waals surface area contributed by atoms with E-state index in [9.17, 15) is 0 Å². The number of fused-ring (bicyclic) bond motifs is 2. The van der Waals surface area contributed by atoms with Crippen LogP contribution in [0.1, 0.15) is 64.7 Å². The van der Waals surface area contributed by atoms with Crippen LogP contribution in [0.3, 0.4) is 0 Å². The van der Waals surface area contributed by atoms with E-state index in [-0.39, 0.29) is 0 Å². The lowest BCUT2D eigenvalue weighted by Gasteiger charge is -2.27. The van der Waals surface area contributed by atoms with Crippen molar-refractivity contribution < 1.29 is 0 Å². The van der Waals surface area contributed by atoms with E-state index in [1.807, 2.05) is 0 Å². The quantitative estimate of drug-likeness (QED) is 0.577. The molecule has 2 aliphatic carbocycles. The maximum atomic E-state index is 3.49. The molecule has 3 atom stereocenters. The summed E-state index contributed by atoms with van der Waals surface area (Å²) in [4.78, 5) is 2.61. The van der Waals surface area contributed by atoms with Gasteiger partial charge in [-0.2, -0.15) is 0 Å². The summed E-state index contributed by atoms with van der Waals surface area (Å²) in [6.45, 7) is 7.33. The minimum atomic E-state index is 1.04. The maximum absolute atomic E-state index is 3.49. The van der Waals surface area contributed by atoms with Crippen LogP contribution in [-0.2, 0) is 0 Å². The fourth-order valence-corrected chi connectivity index (χ4v) is 4.38. The second-order valence-corrected chi connectivity index (χ2v) is 7.36. The minimum absolute atomic E-state index is 1.04. The molecule has 0 aliphatic heterocycles. The first-order chi connectivity index (χ1) is 9.79. The van der Waals surface area contributed by atoms with E-state index in [0.717, 1.165) is 17.8 Å². The predicted octanol–water partition coefficient (Wildman–Crippen LogP) is 3.91. The van der Waals surface area contributed by atoms with Crippen LogP contribution in [-0.4, -0.2) is 38.1 Å². The highest BCUT2D eigenvalue weighted by Gasteiger charge is 2.39. The first-order valence-electron chi connectivity index (χ1n) is 9.18. The maximum Gasteiger partial charge on any atom is 0.000936 e. The highest BCUT2D eigenvalue weighted by Crippen LogP contribution is 2.48. The van der Waals surface area contributed by atoms with E-state index in [4.69, 9.17) is 0 Å². The lowest BCUT2D eigenvalue weighted by Crippen LogP contribution is -2.29. The number of nitrogens with zero attached hydrogens (tertiary/aromatic N) is 1. The summed E-state index contributed by atoms with van der Waals surface area (Å²) >= 11 is 0. The Kier molecular flexibility index (Phi) is 7.37. The van der Waals surface area contributed by atoms with Gasteiger partial charge in [0.2, 0.25) is 0 Å². The summed E-state index contributed by atoms with van der Waals surface area (Å²) in [5.41, 5.74) is 0. The van der Waals surface area contributed by atoms with Gasteiger partial charge in [0, 0.05) is 6.54 Å². The lowest BCUT2D eigenvalue weighted by molar-refractivity contribution is 0.217. The van der Waals surface area contributed by atoms with Crippen LogP contribution >= 0.6 is 0 Å². The molecule has 118 valence electrons. The third kappa shape index (κ3) is 5.37. The molecule has 0 heterocycles. The molecule has 0 aromatic rings. The average molecular weight is 280 g/mol. The molecular weight excluding hydrogens is 244 g/mol. The molecule has 2 rings (SSSR count). The molecule has 0 amide bonds. The van der Waals surface area contributed by atoms with Crippen molar-refractivity contribution in [2.75, 3.05) is 33.2 Å². The van der Waals surface area contributed by atoms with Crippen LogP contribution in [0.2, 0.25) is 0 Å². The molecule has 3 unspecified atom stereocenters. The largest absolute Gasteiger partial charge is 0.317 e. The summed E-state index contributed by atoms with van der Waals surface area (Å²) < 4.78 is 0. The third-order valence-corrected chi connectivity index (χ3v) is 5.50. The molecule has 0 aromatic carbocycles. The normalized spacial score (nSPS) is 28.6. The summed E-state index contributed by atoms with van der Waals surface area (Å²) in [6, 6.07) is 0. The van der Waals surface area contributed by atoms with Gasteiger partial charge in [-0.3, -0.25) is 0 Å². The van der Waals surface area contributed by atoms with Crippen molar-refractivity contribution in [2.24, 2.45) is 17.8 Å². The zero-order valence-corrected chi connectivity index (χ0v) is 13.9. The van der Waals surface area contributed by atoms with Gasteiger partial charge in [-0.05, 0) is 83.0 Å². The van der Waals surface area contributed by atoms with E-state index in [2.05, 4.69) is 24.2 Å². The van der Waals surface area contributed by atoms with Crippen LogP contribution in [0.15, 0.2) is 0 Å². The lowest BCUT2D eigenvalue weighted by atomic mass is 9.88. The predicted molar refractivity (Wildman–Crippen MR) is 88.1 cm³/mol. The van der Waals surface area contributed by atoms with Gasteiger partial charge in [0.05, 0.1) is 0 Å². The summed E-state index contributed by atoms with van der Waals surface area (Å²) in [5, 5.41) is 3.49. The molecule has 2 aliphatic rings. The van der Waals surface area contributed by atoms with Crippen molar-refractivity contribution in [3.63, 3.8) is 0 Å². The highest BCUT2D eigenvalue weighted by atomic mass is 15.1. The SMILES string of the molecule is CCCNCCCCCCN(C)CC1CC2CCC1C2. The first kappa shape index (κ1) is 16.3. The van der Waals surface area contributed by atoms with Crippen molar-refractivity contribution in [2.45, 2.75) is 64.7 Å². The molecule has 20 heavy (non-hydrogen) atoms. The fourth-order valence-electron chi connectivity index (χ4n) is 4.38. The number of nitrogens with one attached hydrogen (secondary N) is 1. The Morgan fingerprint density at radius 3 is 2.55 bits per heavy atom. The van der Waals surface area contributed by atoms with Gasteiger partial charge in [0.15, 0.2) is 0 Å². The first-order valence-corrected chi connectivity index (χ1v) is 9.18. The zero-order valence-electron chi connectivity index (χ0n) is 13.9. The Bertz CT molecular complexity index is 254. The number of rotatable bonds is 11. The molecule has 0 saturated heterocycles. The van der Waals surface area contributed by atoms with E-state index in [1.54, 1.807) is 6.42 Å². The second-order valence-electron chi connectivity index (χ2n) is 7.36. The Morgan fingerprint density at radius 2 is 1.85 bits per heavy atom. The molecule has 2 saturated carbocycles. The van der Waals surface area contributed by atoms with Crippen molar-refractivity contribution in [3.05, 3.63) is 0 Å². The average Bonchev–Trinajstić information content (AvgIpc) is 3.04. The van der Waals surface area contributed by atoms with Crippen LogP contribution in [0.4, 0.5) is 0 Å². The molecule has 2 bridgehead atoms. The number of hydrogen-bond acceptors (Lipinski definition) is 2. The molecule has 0 aromatic heterocycles. The molecule has 2 nitrogen and oxygen atoms in total. The van der Waals surface area contributed by atoms with Crippen LogP contribution in [0.5, 0.6) is 0 Å². The number of hydrogen-bond donors (Lipinski definition) is 1.